The van der Waals surface area contributed by atoms with Gasteiger partial charge in [0.25, 0.3) is 0 Å². The van der Waals surface area contributed by atoms with Crippen LogP contribution in [0.4, 0.5) is 0 Å². The van der Waals surface area contributed by atoms with Crippen LogP contribution in [0.3, 0.4) is 0 Å². The highest BCUT2D eigenvalue weighted by molar-refractivity contribution is 5.37. The Bertz CT molecular complexity index is 603. The molecule has 0 aliphatic rings. The minimum Gasteiger partial charge on any atom is -0.487 e. The number of aliphatic hydroxyl groups excluding tert-OH is 1. The molecule has 4 nitrogen and oxygen atoms in total. The average Bonchev–Trinajstić information content (AvgIpc) is 2.88. The van der Waals surface area contributed by atoms with Crippen LogP contribution in [0.1, 0.15) is 49.4 Å². The lowest BCUT2D eigenvalue weighted by atomic mass is 10.1. The van der Waals surface area contributed by atoms with E-state index in [1.54, 1.807) is 6.92 Å². The molecule has 0 saturated carbocycles. The molecule has 0 unspecified atom stereocenters. The van der Waals surface area contributed by atoms with Crippen molar-refractivity contribution in [1.29, 1.82) is 0 Å². The van der Waals surface area contributed by atoms with Crippen molar-refractivity contribution >= 4 is 0 Å². The average molecular weight is 288 g/mol. The molecule has 0 radical (unpaired) electrons. The van der Waals surface area contributed by atoms with Gasteiger partial charge in [-0.3, -0.25) is 4.68 Å². The first-order valence-corrected chi connectivity index (χ1v) is 7.52. The monoisotopic (exact) mass is 288 g/mol. The number of nitrogens with zero attached hydrogens (tertiary/aromatic N) is 2. The zero-order chi connectivity index (χ0) is 15.4. The summed E-state index contributed by atoms with van der Waals surface area (Å²) in [6, 6.07) is 7.89. The molecule has 1 aromatic carbocycles. The summed E-state index contributed by atoms with van der Waals surface area (Å²) < 4.78 is 7.90. The first-order valence-electron chi connectivity index (χ1n) is 7.52. The van der Waals surface area contributed by atoms with Crippen LogP contribution in [0.15, 0.2) is 24.3 Å². The van der Waals surface area contributed by atoms with E-state index in [0.717, 1.165) is 41.2 Å². The van der Waals surface area contributed by atoms with Crippen molar-refractivity contribution in [2.45, 2.75) is 53.4 Å². The van der Waals surface area contributed by atoms with Crippen molar-refractivity contribution in [3.63, 3.8) is 0 Å². The van der Waals surface area contributed by atoms with Gasteiger partial charge in [-0.05, 0) is 56.5 Å². The van der Waals surface area contributed by atoms with E-state index in [1.165, 1.54) is 0 Å². The minimum atomic E-state index is -0.452. The Labute approximate surface area is 126 Å². The maximum Gasteiger partial charge on any atom is 0.130 e. The first-order chi connectivity index (χ1) is 10.0. The third kappa shape index (κ3) is 3.64. The fourth-order valence-corrected chi connectivity index (χ4v) is 2.32. The summed E-state index contributed by atoms with van der Waals surface area (Å²) in [5.41, 5.74) is 4.13. The van der Waals surface area contributed by atoms with Crippen LogP contribution in [0.5, 0.6) is 5.75 Å². The molecule has 0 spiro atoms. The quantitative estimate of drug-likeness (QED) is 0.886. The summed E-state index contributed by atoms with van der Waals surface area (Å²) in [4.78, 5) is 0. The summed E-state index contributed by atoms with van der Waals surface area (Å²) in [6.45, 7) is 9.30. The third-order valence-electron chi connectivity index (χ3n) is 3.63. The van der Waals surface area contributed by atoms with Gasteiger partial charge in [-0.15, -0.1) is 0 Å². The summed E-state index contributed by atoms with van der Waals surface area (Å²) in [5.74, 6) is 0.848. The molecule has 21 heavy (non-hydrogen) atoms. The second-order valence-corrected chi connectivity index (χ2v) is 5.29. The Balaban J connectivity index is 2.11. The molecule has 4 heteroatoms. The summed E-state index contributed by atoms with van der Waals surface area (Å²) in [6.07, 6.45) is 0.480. The molecular formula is C17H24N2O2. The van der Waals surface area contributed by atoms with Crippen molar-refractivity contribution in [2.24, 2.45) is 0 Å². The number of ether oxygens (including phenoxy) is 1. The number of hydrogen-bond donors (Lipinski definition) is 1. The van der Waals surface area contributed by atoms with Crippen LogP contribution in [0, 0.1) is 6.92 Å². The van der Waals surface area contributed by atoms with Gasteiger partial charge in [0.1, 0.15) is 12.4 Å². The molecule has 0 aliphatic carbocycles. The molecular weight excluding hydrogens is 264 g/mol. The molecule has 1 N–H and O–H groups in total. The Morgan fingerprint density at radius 3 is 2.62 bits per heavy atom. The maximum absolute atomic E-state index is 9.59. The largest absolute Gasteiger partial charge is 0.487 e. The molecule has 1 aromatic heterocycles. The van der Waals surface area contributed by atoms with E-state index in [1.807, 2.05) is 29.8 Å². The number of aliphatic hydroxyl groups is 1. The highest BCUT2D eigenvalue weighted by Gasteiger charge is 2.09. The van der Waals surface area contributed by atoms with Gasteiger partial charge < -0.3 is 9.84 Å². The molecule has 114 valence electrons. The van der Waals surface area contributed by atoms with Crippen molar-refractivity contribution in [2.75, 3.05) is 0 Å². The Kier molecular flexibility index (Phi) is 5.02. The Hall–Kier alpha value is -1.81. The molecule has 2 rings (SSSR count). The van der Waals surface area contributed by atoms with Gasteiger partial charge in [-0.2, -0.15) is 5.10 Å². The lowest BCUT2D eigenvalue weighted by Crippen LogP contribution is -2.06. The van der Waals surface area contributed by atoms with E-state index >= 15 is 0 Å². The molecule has 1 heterocycles. The van der Waals surface area contributed by atoms with Crippen molar-refractivity contribution < 1.29 is 9.84 Å². The molecule has 2 aromatic rings. The SMILES string of the molecule is CCc1cc(COc2ccc([C@@H](C)O)cc2C)n(CC)n1. The zero-order valence-electron chi connectivity index (χ0n) is 13.3. The summed E-state index contributed by atoms with van der Waals surface area (Å²) in [7, 11) is 0. The molecule has 1 atom stereocenters. The van der Waals surface area contributed by atoms with Gasteiger partial charge in [-0.25, -0.2) is 0 Å². The fraction of sp³-hybridized carbons (Fsp3) is 0.471. The highest BCUT2D eigenvalue weighted by atomic mass is 16.5. The lowest BCUT2D eigenvalue weighted by molar-refractivity contribution is 0.199. The third-order valence-corrected chi connectivity index (χ3v) is 3.63. The standard InChI is InChI=1S/C17H24N2O2/c1-5-15-10-16(19(6-2)18-15)11-21-17-8-7-14(13(4)20)9-12(17)3/h7-10,13,20H,5-6,11H2,1-4H3/t13-/m1/s1. The first kappa shape index (κ1) is 15.6. The van der Waals surface area contributed by atoms with Crippen LogP contribution in [-0.4, -0.2) is 14.9 Å². The number of aromatic nitrogens is 2. The Morgan fingerprint density at radius 1 is 1.29 bits per heavy atom. The number of rotatable bonds is 6. The number of benzene rings is 1. The number of hydrogen-bond acceptors (Lipinski definition) is 3. The van der Waals surface area contributed by atoms with Crippen LogP contribution in [-0.2, 0) is 19.6 Å². The molecule has 0 saturated heterocycles. The summed E-state index contributed by atoms with van der Waals surface area (Å²) >= 11 is 0. The van der Waals surface area contributed by atoms with Crippen LogP contribution in [0.2, 0.25) is 0 Å². The minimum absolute atomic E-state index is 0.452. The van der Waals surface area contributed by atoms with Gasteiger partial charge in [0, 0.05) is 6.54 Å². The Morgan fingerprint density at radius 2 is 2.05 bits per heavy atom. The molecule has 0 fully saturated rings. The molecule has 0 bridgehead atoms. The number of aryl methyl sites for hydroxylation is 3. The summed E-state index contributed by atoms with van der Waals surface area (Å²) in [5, 5.41) is 14.1. The lowest BCUT2D eigenvalue weighted by Gasteiger charge is -2.12. The van der Waals surface area contributed by atoms with Gasteiger partial charge in [0.05, 0.1) is 17.5 Å². The van der Waals surface area contributed by atoms with Crippen molar-refractivity contribution in [3.05, 3.63) is 46.8 Å². The van der Waals surface area contributed by atoms with Gasteiger partial charge >= 0.3 is 0 Å². The predicted octanol–water partition coefficient (Wildman–Crippen LogP) is 3.41. The fourth-order valence-electron chi connectivity index (χ4n) is 2.32. The van der Waals surface area contributed by atoms with Crippen LogP contribution in [0.25, 0.3) is 0 Å². The molecule has 0 amide bonds. The predicted molar refractivity (Wildman–Crippen MR) is 83.4 cm³/mol. The highest BCUT2D eigenvalue weighted by Crippen LogP contribution is 2.23. The van der Waals surface area contributed by atoms with Crippen molar-refractivity contribution in [1.82, 2.24) is 9.78 Å². The van der Waals surface area contributed by atoms with Crippen LogP contribution < -0.4 is 4.74 Å². The maximum atomic E-state index is 9.59. The second kappa shape index (κ2) is 6.76. The normalized spacial score (nSPS) is 12.4. The van der Waals surface area contributed by atoms with Crippen LogP contribution >= 0.6 is 0 Å². The van der Waals surface area contributed by atoms with E-state index in [2.05, 4.69) is 25.0 Å². The zero-order valence-corrected chi connectivity index (χ0v) is 13.3. The van der Waals surface area contributed by atoms with Crippen molar-refractivity contribution in [3.8, 4) is 5.75 Å². The topological polar surface area (TPSA) is 47.3 Å². The molecule has 0 aliphatic heterocycles. The van der Waals surface area contributed by atoms with Gasteiger partial charge in [0.2, 0.25) is 0 Å². The van der Waals surface area contributed by atoms with E-state index in [-0.39, 0.29) is 0 Å². The van der Waals surface area contributed by atoms with E-state index in [4.69, 9.17) is 4.74 Å². The smallest absolute Gasteiger partial charge is 0.130 e. The van der Waals surface area contributed by atoms with Gasteiger partial charge in [-0.1, -0.05) is 13.0 Å². The van der Waals surface area contributed by atoms with Gasteiger partial charge in [0.15, 0.2) is 0 Å². The van der Waals surface area contributed by atoms with E-state index < -0.39 is 6.10 Å². The second-order valence-electron chi connectivity index (χ2n) is 5.29. The van der Waals surface area contributed by atoms with E-state index in [9.17, 15) is 5.11 Å². The van der Waals surface area contributed by atoms with E-state index in [0.29, 0.717) is 6.61 Å².